The molecule has 4 heteroatoms. The van der Waals surface area contributed by atoms with E-state index in [-0.39, 0.29) is 0 Å². The molecule has 0 atom stereocenters. The maximum atomic E-state index is 5.46. The van der Waals surface area contributed by atoms with Crippen molar-refractivity contribution in [1.82, 2.24) is 14.5 Å². The lowest BCUT2D eigenvalue weighted by molar-refractivity contribution is 0.387. The minimum atomic E-state index is 0.923. The van der Waals surface area contributed by atoms with Crippen LogP contribution < -0.4 is 4.74 Å². The summed E-state index contributed by atoms with van der Waals surface area (Å²) in [7, 11) is 5.98. The van der Waals surface area contributed by atoms with Crippen molar-refractivity contribution >= 4 is 10.9 Å². The summed E-state index contributed by atoms with van der Waals surface area (Å²) >= 11 is 0. The van der Waals surface area contributed by atoms with Crippen LogP contribution in [-0.2, 0) is 19.4 Å². The van der Waals surface area contributed by atoms with E-state index < -0.39 is 0 Å². The van der Waals surface area contributed by atoms with Gasteiger partial charge in [0.25, 0.3) is 0 Å². The lowest BCUT2D eigenvalue weighted by Crippen LogP contribution is -2.19. The van der Waals surface area contributed by atoms with Gasteiger partial charge in [-0.3, -0.25) is 4.98 Å². The Morgan fingerprint density at radius 1 is 1.21 bits per heavy atom. The smallest absolute Gasteiger partial charge is 0.119 e. The number of benzene rings is 1. The normalized spacial score (nSPS) is 13.2. The zero-order valence-electron chi connectivity index (χ0n) is 14.5. The lowest BCUT2D eigenvalue weighted by Gasteiger charge is -2.20. The van der Waals surface area contributed by atoms with Crippen molar-refractivity contribution in [3.8, 4) is 17.0 Å². The first-order chi connectivity index (χ1) is 11.7. The average Bonchev–Trinajstić information content (AvgIpc) is 2.93. The van der Waals surface area contributed by atoms with Gasteiger partial charge < -0.3 is 14.2 Å². The minimum Gasteiger partial charge on any atom is -0.497 e. The predicted molar refractivity (Wildman–Crippen MR) is 97.7 cm³/mol. The summed E-state index contributed by atoms with van der Waals surface area (Å²) in [6.07, 6.45) is 3.95. The summed E-state index contributed by atoms with van der Waals surface area (Å²) in [5, 5.41) is 1.32. The number of pyridine rings is 1. The first-order valence-electron chi connectivity index (χ1n) is 8.47. The van der Waals surface area contributed by atoms with Crippen LogP contribution in [0.25, 0.3) is 22.2 Å². The van der Waals surface area contributed by atoms with Crippen molar-refractivity contribution in [1.29, 1.82) is 0 Å². The monoisotopic (exact) mass is 321 g/mol. The van der Waals surface area contributed by atoms with E-state index in [4.69, 9.17) is 4.74 Å². The molecule has 1 aliphatic rings. The van der Waals surface area contributed by atoms with Gasteiger partial charge in [-0.2, -0.15) is 0 Å². The Labute approximate surface area is 142 Å². The number of nitrogens with zero attached hydrogens (tertiary/aromatic N) is 3. The largest absolute Gasteiger partial charge is 0.497 e. The van der Waals surface area contributed by atoms with E-state index in [1.165, 1.54) is 33.4 Å². The van der Waals surface area contributed by atoms with Crippen molar-refractivity contribution in [3.05, 3.63) is 47.8 Å². The number of fused-ring (bicyclic) bond motifs is 5. The summed E-state index contributed by atoms with van der Waals surface area (Å²) in [4.78, 5) is 6.84. The minimum absolute atomic E-state index is 0.923. The number of likely N-dealkylation sites (N-methyl/N-ethyl adjacent to an activating group) is 1. The summed E-state index contributed by atoms with van der Waals surface area (Å²) in [5.74, 6) is 0.923. The molecule has 0 aliphatic heterocycles. The van der Waals surface area contributed by atoms with Gasteiger partial charge in [0.2, 0.25) is 0 Å². The van der Waals surface area contributed by atoms with Gasteiger partial charge in [-0.05, 0) is 62.8 Å². The molecule has 2 heterocycles. The van der Waals surface area contributed by atoms with E-state index in [9.17, 15) is 0 Å². The van der Waals surface area contributed by atoms with Crippen LogP contribution in [0.15, 0.2) is 36.5 Å². The SMILES string of the molecule is COc1ccc2c(c1)c1c(n2CCN(C)C)-c2cccnc2CC1. The number of aryl methyl sites for hydroxylation is 2. The van der Waals surface area contributed by atoms with Gasteiger partial charge in [-0.15, -0.1) is 0 Å². The molecule has 1 aromatic carbocycles. The number of aromatic nitrogens is 2. The fourth-order valence-corrected chi connectivity index (χ4v) is 3.72. The maximum absolute atomic E-state index is 5.46. The van der Waals surface area contributed by atoms with Gasteiger partial charge in [0.05, 0.1) is 12.8 Å². The van der Waals surface area contributed by atoms with Crippen molar-refractivity contribution < 1.29 is 4.74 Å². The molecule has 0 radical (unpaired) electrons. The number of rotatable bonds is 4. The Morgan fingerprint density at radius 3 is 2.88 bits per heavy atom. The fourth-order valence-electron chi connectivity index (χ4n) is 3.72. The molecule has 4 rings (SSSR count). The van der Waals surface area contributed by atoms with E-state index in [0.717, 1.165) is 31.7 Å². The van der Waals surface area contributed by atoms with Crippen LogP contribution in [0, 0.1) is 0 Å². The lowest BCUT2D eigenvalue weighted by atomic mass is 9.92. The fraction of sp³-hybridized carbons (Fsp3) is 0.350. The molecule has 0 fully saturated rings. The molecular formula is C20H23N3O. The van der Waals surface area contributed by atoms with Crippen LogP contribution in [0.2, 0.25) is 0 Å². The number of hydrogen-bond donors (Lipinski definition) is 0. The molecule has 24 heavy (non-hydrogen) atoms. The first-order valence-corrected chi connectivity index (χ1v) is 8.47. The summed E-state index contributed by atoms with van der Waals surface area (Å²) in [6, 6.07) is 10.7. The highest BCUT2D eigenvalue weighted by molar-refractivity contribution is 5.94. The van der Waals surface area contributed by atoms with Gasteiger partial charge >= 0.3 is 0 Å². The second kappa shape index (κ2) is 5.95. The Balaban J connectivity index is 1.98. The molecule has 124 valence electrons. The molecule has 0 spiro atoms. The standard InChI is InChI=1S/C20H23N3O/c1-22(2)11-12-23-19-9-6-14(24-3)13-17(19)15-7-8-18-16(20(15)23)5-4-10-21-18/h4-6,9-10,13H,7-8,11-12H2,1-3H3. The molecule has 1 aliphatic carbocycles. The van der Waals surface area contributed by atoms with E-state index in [1.54, 1.807) is 7.11 Å². The summed E-state index contributed by atoms with van der Waals surface area (Å²) < 4.78 is 7.92. The topological polar surface area (TPSA) is 30.3 Å². The Kier molecular flexibility index (Phi) is 3.77. The van der Waals surface area contributed by atoms with Crippen molar-refractivity contribution in [2.45, 2.75) is 19.4 Å². The molecule has 4 nitrogen and oxygen atoms in total. The molecule has 0 amide bonds. The molecule has 0 bridgehead atoms. The summed E-state index contributed by atoms with van der Waals surface area (Å²) in [5.41, 5.74) is 6.57. The van der Waals surface area contributed by atoms with Gasteiger partial charge in [0, 0.05) is 41.4 Å². The van der Waals surface area contributed by atoms with E-state index in [2.05, 4.69) is 52.8 Å². The van der Waals surface area contributed by atoms with Crippen molar-refractivity contribution in [2.24, 2.45) is 0 Å². The van der Waals surface area contributed by atoms with Gasteiger partial charge in [0.1, 0.15) is 5.75 Å². The molecule has 0 saturated carbocycles. The second-order valence-corrected chi connectivity index (χ2v) is 6.66. The van der Waals surface area contributed by atoms with Crippen molar-refractivity contribution in [3.63, 3.8) is 0 Å². The van der Waals surface area contributed by atoms with Crippen LogP contribution in [0.4, 0.5) is 0 Å². The molecule has 0 saturated heterocycles. The Bertz CT molecular complexity index is 895. The zero-order valence-corrected chi connectivity index (χ0v) is 14.5. The van der Waals surface area contributed by atoms with E-state index in [1.807, 2.05) is 12.3 Å². The average molecular weight is 321 g/mol. The predicted octanol–water partition coefficient (Wildman–Crippen LogP) is 3.37. The zero-order chi connectivity index (χ0) is 16.7. The number of ether oxygens (including phenoxy) is 1. The molecule has 0 N–H and O–H groups in total. The third-order valence-electron chi connectivity index (χ3n) is 4.90. The van der Waals surface area contributed by atoms with E-state index >= 15 is 0 Å². The van der Waals surface area contributed by atoms with Crippen LogP contribution >= 0.6 is 0 Å². The number of methoxy groups -OCH3 is 1. The van der Waals surface area contributed by atoms with Crippen LogP contribution in [0.5, 0.6) is 5.75 Å². The maximum Gasteiger partial charge on any atom is 0.119 e. The van der Waals surface area contributed by atoms with Crippen LogP contribution in [0.1, 0.15) is 11.3 Å². The summed E-state index contributed by atoms with van der Waals surface area (Å²) in [6.45, 7) is 1.98. The molecular weight excluding hydrogens is 298 g/mol. The van der Waals surface area contributed by atoms with Crippen LogP contribution in [0.3, 0.4) is 0 Å². The highest BCUT2D eigenvalue weighted by Gasteiger charge is 2.25. The van der Waals surface area contributed by atoms with E-state index in [0.29, 0.717) is 0 Å². The third-order valence-corrected chi connectivity index (χ3v) is 4.90. The highest BCUT2D eigenvalue weighted by atomic mass is 16.5. The third kappa shape index (κ3) is 2.38. The van der Waals surface area contributed by atoms with Gasteiger partial charge in [0.15, 0.2) is 0 Å². The first kappa shape index (κ1) is 15.2. The Hall–Kier alpha value is -2.33. The van der Waals surface area contributed by atoms with Gasteiger partial charge in [-0.1, -0.05) is 0 Å². The molecule has 3 aromatic rings. The van der Waals surface area contributed by atoms with Crippen LogP contribution in [-0.4, -0.2) is 42.2 Å². The second-order valence-electron chi connectivity index (χ2n) is 6.66. The Morgan fingerprint density at radius 2 is 2.08 bits per heavy atom. The van der Waals surface area contributed by atoms with Gasteiger partial charge in [-0.25, -0.2) is 0 Å². The molecule has 0 unspecified atom stereocenters. The quantitative estimate of drug-likeness (QED) is 0.738. The van der Waals surface area contributed by atoms with Crippen molar-refractivity contribution in [2.75, 3.05) is 27.7 Å². The number of hydrogen-bond acceptors (Lipinski definition) is 3. The molecule has 2 aromatic heterocycles. The highest BCUT2D eigenvalue weighted by Crippen LogP contribution is 2.40.